The summed E-state index contributed by atoms with van der Waals surface area (Å²) in [6.45, 7) is 4.24. The zero-order chi connectivity index (χ0) is 13.9. The fourth-order valence-corrected chi connectivity index (χ4v) is 2.33. The zero-order valence-electron chi connectivity index (χ0n) is 12.8. The fraction of sp³-hybridized carbons (Fsp3) is 0.750. The van der Waals surface area contributed by atoms with Gasteiger partial charge < -0.3 is 5.32 Å². The number of unbranched alkanes of at least 4 members (excludes halogenated alkanes) is 6. The minimum absolute atomic E-state index is 0.351. The van der Waals surface area contributed by atoms with Gasteiger partial charge in [-0.2, -0.15) is 0 Å². The molecule has 1 aromatic rings. The standard InChI is InChI=1S/C16H29N3/c1-4-5-6-7-8-9-10-11-15(17-3)16-13-18-14(2)12-19-16/h12-13,15,17H,4-11H2,1-3H3. The van der Waals surface area contributed by atoms with Gasteiger partial charge in [-0.1, -0.05) is 51.9 Å². The van der Waals surface area contributed by atoms with E-state index in [-0.39, 0.29) is 0 Å². The highest BCUT2D eigenvalue weighted by Crippen LogP contribution is 2.18. The van der Waals surface area contributed by atoms with Gasteiger partial charge in [0.2, 0.25) is 0 Å². The molecule has 3 nitrogen and oxygen atoms in total. The summed E-state index contributed by atoms with van der Waals surface area (Å²) < 4.78 is 0. The van der Waals surface area contributed by atoms with Crippen molar-refractivity contribution in [2.45, 2.75) is 71.3 Å². The molecule has 0 saturated carbocycles. The highest BCUT2D eigenvalue weighted by Gasteiger charge is 2.10. The SMILES string of the molecule is CCCCCCCCCC(NC)c1cnc(C)cn1. The molecule has 1 heterocycles. The van der Waals surface area contributed by atoms with Crippen LogP contribution in [0.2, 0.25) is 0 Å². The Bertz CT molecular complexity index is 321. The molecule has 1 unspecified atom stereocenters. The van der Waals surface area contributed by atoms with Crippen LogP contribution in [-0.2, 0) is 0 Å². The van der Waals surface area contributed by atoms with E-state index in [0.29, 0.717) is 6.04 Å². The van der Waals surface area contributed by atoms with E-state index in [4.69, 9.17) is 0 Å². The first-order chi connectivity index (χ1) is 9.27. The summed E-state index contributed by atoms with van der Waals surface area (Å²) in [4.78, 5) is 8.79. The molecule has 0 fully saturated rings. The number of nitrogens with zero attached hydrogens (tertiary/aromatic N) is 2. The normalized spacial score (nSPS) is 12.6. The maximum atomic E-state index is 4.46. The molecule has 0 aliphatic heterocycles. The molecule has 0 bridgehead atoms. The van der Waals surface area contributed by atoms with Gasteiger partial charge in [0.25, 0.3) is 0 Å². The van der Waals surface area contributed by atoms with Crippen molar-refractivity contribution in [2.24, 2.45) is 0 Å². The predicted octanol–water partition coefficient (Wildman–Crippen LogP) is 4.19. The Labute approximate surface area is 118 Å². The molecular weight excluding hydrogens is 234 g/mol. The molecular formula is C16H29N3. The molecule has 3 heteroatoms. The van der Waals surface area contributed by atoms with Crippen molar-refractivity contribution in [1.82, 2.24) is 15.3 Å². The maximum absolute atomic E-state index is 4.46. The Morgan fingerprint density at radius 2 is 1.68 bits per heavy atom. The number of nitrogens with one attached hydrogen (secondary N) is 1. The zero-order valence-corrected chi connectivity index (χ0v) is 12.8. The number of hydrogen-bond donors (Lipinski definition) is 1. The average molecular weight is 263 g/mol. The minimum Gasteiger partial charge on any atom is -0.312 e. The molecule has 0 aliphatic carbocycles. The van der Waals surface area contributed by atoms with Gasteiger partial charge in [-0.15, -0.1) is 0 Å². The minimum atomic E-state index is 0.351. The van der Waals surface area contributed by atoms with Crippen LogP contribution in [0.4, 0.5) is 0 Å². The van der Waals surface area contributed by atoms with E-state index in [1.54, 1.807) is 0 Å². The van der Waals surface area contributed by atoms with E-state index in [1.165, 1.54) is 44.9 Å². The lowest BCUT2D eigenvalue weighted by molar-refractivity contribution is 0.486. The Morgan fingerprint density at radius 1 is 1.00 bits per heavy atom. The summed E-state index contributed by atoms with van der Waals surface area (Å²) in [5, 5.41) is 3.35. The molecule has 0 spiro atoms. The van der Waals surface area contributed by atoms with Gasteiger partial charge in [0, 0.05) is 6.20 Å². The second-order valence-electron chi connectivity index (χ2n) is 5.33. The van der Waals surface area contributed by atoms with Gasteiger partial charge in [0.05, 0.1) is 23.6 Å². The summed E-state index contributed by atoms with van der Waals surface area (Å²) in [7, 11) is 2.01. The predicted molar refractivity (Wildman–Crippen MR) is 81.2 cm³/mol. The van der Waals surface area contributed by atoms with E-state index in [1.807, 2.05) is 26.4 Å². The van der Waals surface area contributed by atoms with Crippen LogP contribution in [0.3, 0.4) is 0 Å². The second-order valence-corrected chi connectivity index (χ2v) is 5.33. The number of aromatic nitrogens is 2. The molecule has 1 atom stereocenters. The van der Waals surface area contributed by atoms with Crippen molar-refractivity contribution >= 4 is 0 Å². The van der Waals surface area contributed by atoms with Crippen LogP contribution in [0.15, 0.2) is 12.4 Å². The van der Waals surface area contributed by atoms with E-state index in [0.717, 1.165) is 17.8 Å². The van der Waals surface area contributed by atoms with Crippen LogP contribution < -0.4 is 5.32 Å². The maximum Gasteiger partial charge on any atom is 0.0756 e. The van der Waals surface area contributed by atoms with Gasteiger partial charge in [-0.25, -0.2) is 0 Å². The first-order valence-electron chi connectivity index (χ1n) is 7.73. The van der Waals surface area contributed by atoms with Crippen LogP contribution in [0.5, 0.6) is 0 Å². The van der Waals surface area contributed by atoms with E-state index in [9.17, 15) is 0 Å². The summed E-state index contributed by atoms with van der Waals surface area (Å²) in [5.74, 6) is 0. The van der Waals surface area contributed by atoms with Crippen LogP contribution in [0.25, 0.3) is 0 Å². The first-order valence-corrected chi connectivity index (χ1v) is 7.73. The molecule has 0 aromatic carbocycles. The van der Waals surface area contributed by atoms with E-state index in [2.05, 4.69) is 22.2 Å². The topological polar surface area (TPSA) is 37.8 Å². The molecule has 19 heavy (non-hydrogen) atoms. The van der Waals surface area contributed by atoms with Gasteiger partial charge in [-0.3, -0.25) is 9.97 Å². The van der Waals surface area contributed by atoms with Crippen molar-refractivity contribution in [3.8, 4) is 0 Å². The third kappa shape index (κ3) is 6.67. The molecule has 0 saturated heterocycles. The van der Waals surface area contributed by atoms with Crippen molar-refractivity contribution in [1.29, 1.82) is 0 Å². The van der Waals surface area contributed by atoms with Crippen molar-refractivity contribution < 1.29 is 0 Å². The number of rotatable bonds is 10. The van der Waals surface area contributed by atoms with Crippen molar-refractivity contribution in [3.63, 3.8) is 0 Å². The van der Waals surface area contributed by atoms with Gasteiger partial charge in [0.1, 0.15) is 0 Å². The Kier molecular flexibility index (Phi) is 8.39. The Morgan fingerprint density at radius 3 is 2.26 bits per heavy atom. The quantitative estimate of drug-likeness (QED) is 0.643. The van der Waals surface area contributed by atoms with Crippen LogP contribution in [0, 0.1) is 6.92 Å². The molecule has 1 N–H and O–H groups in total. The molecule has 108 valence electrons. The lowest BCUT2D eigenvalue weighted by Crippen LogP contribution is -2.17. The molecule has 0 radical (unpaired) electrons. The Balaban J connectivity index is 2.20. The van der Waals surface area contributed by atoms with Crippen molar-refractivity contribution in [3.05, 3.63) is 23.8 Å². The van der Waals surface area contributed by atoms with Gasteiger partial charge in [0.15, 0.2) is 0 Å². The summed E-state index contributed by atoms with van der Waals surface area (Å²) in [6.07, 6.45) is 14.4. The lowest BCUT2D eigenvalue weighted by Gasteiger charge is -2.15. The van der Waals surface area contributed by atoms with Gasteiger partial charge in [-0.05, 0) is 20.4 Å². The van der Waals surface area contributed by atoms with Gasteiger partial charge >= 0.3 is 0 Å². The van der Waals surface area contributed by atoms with E-state index < -0.39 is 0 Å². The summed E-state index contributed by atoms with van der Waals surface area (Å²) >= 11 is 0. The Hall–Kier alpha value is -0.960. The average Bonchev–Trinajstić information content (AvgIpc) is 2.43. The van der Waals surface area contributed by atoms with Crippen LogP contribution in [0.1, 0.15) is 75.7 Å². The third-order valence-electron chi connectivity index (χ3n) is 3.60. The first kappa shape index (κ1) is 16.1. The van der Waals surface area contributed by atoms with Crippen LogP contribution in [-0.4, -0.2) is 17.0 Å². The third-order valence-corrected chi connectivity index (χ3v) is 3.60. The van der Waals surface area contributed by atoms with Crippen LogP contribution >= 0.6 is 0 Å². The summed E-state index contributed by atoms with van der Waals surface area (Å²) in [6, 6.07) is 0.351. The summed E-state index contributed by atoms with van der Waals surface area (Å²) in [5.41, 5.74) is 2.05. The van der Waals surface area contributed by atoms with E-state index >= 15 is 0 Å². The molecule has 0 aliphatic rings. The largest absolute Gasteiger partial charge is 0.312 e. The number of hydrogen-bond acceptors (Lipinski definition) is 3. The highest BCUT2D eigenvalue weighted by atomic mass is 14.9. The molecule has 1 aromatic heterocycles. The second kappa shape index (κ2) is 9.90. The molecule has 1 rings (SSSR count). The van der Waals surface area contributed by atoms with Crippen molar-refractivity contribution in [2.75, 3.05) is 7.05 Å². The molecule has 0 amide bonds. The fourth-order valence-electron chi connectivity index (χ4n) is 2.33. The smallest absolute Gasteiger partial charge is 0.0756 e. The monoisotopic (exact) mass is 263 g/mol. The highest BCUT2D eigenvalue weighted by molar-refractivity contribution is 5.05. The number of aryl methyl sites for hydroxylation is 1. The lowest BCUT2D eigenvalue weighted by atomic mass is 10.0.